The van der Waals surface area contributed by atoms with Gasteiger partial charge >= 0.3 is 0 Å². The summed E-state index contributed by atoms with van der Waals surface area (Å²) in [5, 5.41) is 9.28. The highest BCUT2D eigenvalue weighted by Crippen LogP contribution is 2.42. The van der Waals surface area contributed by atoms with Gasteiger partial charge in [-0.15, -0.1) is 0 Å². The Bertz CT molecular complexity index is 656. The molecule has 1 aliphatic rings. The molecule has 1 aromatic carbocycles. The third kappa shape index (κ3) is 2.13. The van der Waals surface area contributed by atoms with Crippen LogP contribution in [0.15, 0.2) is 18.2 Å². The molecule has 1 fully saturated rings. The predicted octanol–water partition coefficient (Wildman–Crippen LogP) is 2.57. The van der Waals surface area contributed by atoms with E-state index in [1.807, 2.05) is 0 Å². The first-order chi connectivity index (χ1) is 9.58. The molecular weight excluding hydrogens is 259 g/mol. The molecule has 6 heteroatoms. The zero-order chi connectivity index (χ0) is 14.3. The van der Waals surface area contributed by atoms with E-state index >= 15 is 0 Å². The van der Waals surface area contributed by atoms with Gasteiger partial charge in [-0.3, -0.25) is 9.89 Å². The van der Waals surface area contributed by atoms with Gasteiger partial charge in [0.1, 0.15) is 5.82 Å². The molecular formula is C14H15FN4O. The average molecular weight is 274 g/mol. The van der Waals surface area contributed by atoms with Gasteiger partial charge < -0.3 is 11.1 Å². The average Bonchev–Trinajstić information content (AvgIpc) is 3.17. The monoisotopic (exact) mass is 274 g/mol. The lowest BCUT2D eigenvalue weighted by Crippen LogP contribution is -2.16. The number of hydrogen-bond acceptors (Lipinski definition) is 3. The number of benzene rings is 1. The van der Waals surface area contributed by atoms with Gasteiger partial charge in [0.05, 0.1) is 17.1 Å². The number of para-hydroxylation sites is 1. The fourth-order valence-electron chi connectivity index (χ4n) is 2.18. The van der Waals surface area contributed by atoms with Gasteiger partial charge in [-0.1, -0.05) is 12.1 Å². The van der Waals surface area contributed by atoms with Crippen LogP contribution in [0, 0.1) is 12.7 Å². The van der Waals surface area contributed by atoms with Crippen molar-refractivity contribution in [3.63, 3.8) is 0 Å². The molecule has 1 aliphatic carbocycles. The number of aromatic nitrogens is 2. The number of halogens is 1. The number of anilines is 2. The number of amides is 1. The van der Waals surface area contributed by atoms with E-state index in [9.17, 15) is 9.18 Å². The Balaban J connectivity index is 1.86. The van der Waals surface area contributed by atoms with Gasteiger partial charge in [-0.25, -0.2) is 4.39 Å². The highest BCUT2D eigenvalue weighted by atomic mass is 19.1. The number of aromatic amines is 1. The standard InChI is InChI=1S/C14H15FN4O/c1-7-3-2-4-9(15)11(7)17-14(20)13-10(16)12(18-19-13)8-5-6-8/h2-4,8H,5-6,16H2,1H3,(H,17,20)(H,18,19). The second-order valence-electron chi connectivity index (χ2n) is 5.06. The lowest BCUT2D eigenvalue weighted by molar-refractivity contribution is 0.102. The van der Waals surface area contributed by atoms with Gasteiger partial charge in [0.15, 0.2) is 5.69 Å². The van der Waals surface area contributed by atoms with Crippen molar-refractivity contribution < 1.29 is 9.18 Å². The number of nitrogens with one attached hydrogen (secondary N) is 2. The Hall–Kier alpha value is -2.37. The number of nitrogens with two attached hydrogens (primary N) is 1. The first-order valence-electron chi connectivity index (χ1n) is 6.48. The minimum absolute atomic E-state index is 0.120. The SMILES string of the molecule is Cc1cccc(F)c1NC(=O)c1n[nH]c(C2CC2)c1N. The van der Waals surface area contributed by atoms with E-state index in [1.165, 1.54) is 6.07 Å². The molecule has 0 unspecified atom stereocenters. The summed E-state index contributed by atoms with van der Waals surface area (Å²) >= 11 is 0. The molecule has 4 N–H and O–H groups in total. The quantitative estimate of drug-likeness (QED) is 0.804. The molecule has 1 saturated carbocycles. The molecule has 0 bridgehead atoms. The van der Waals surface area contributed by atoms with Gasteiger partial charge in [0.25, 0.3) is 5.91 Å². The maximum absolute atomic E-state index is 13.7. The van der Waals surface area contributed by atoms with Gasteiger partial charge in [0.2, 0.25) is 0 Å². The Morgan fingerprint density at radius 1 is 1.50 bits per heavy atom. The molecule has 2 aromatic rings. The smallest absolute Gasteiger partial charge is 0.278 e. The highest BCUT2D eigenvalue weighted by molar-refractivity contribution is 6.07. The van der Waals surface area contributed by atoms with Crippen LogP contribution in [0.2, 0.25) is 0 Å². The molecule has 5 nitrogen and oxygen atoms in total. The summed E-state index contributed by atoms with van der Waals surface area (Å²) in [6, 6.07) is 4.61. The Morgan fingerprint density at radius 2 is 2.25 bits per heavy atom. The molecule has 3 rings (SSSR count). The van der Waals surface area contributed by atoms with Crippen molar-refractivity contribution >= 4 is 17.3 Å². The number of carbonyl (C=O) groups excluding carboxylic acids is 1. The van der Waals surface area contributed by atoms with Crippen LogP contribution in [-0.4, -0.2) is 16.1 Å². The number of rotatable bonds is 3. The first kappa shape index (κ1) is 12.7. The van der Waals surface area contributed by atoms with Crippen molar-refractivity contribution in [3.05, 3.63) is 41.0 Å². The molecule has 1 aromatic heterocycles. The fraction of sp³-hybridized carbons (Fsp3) is 0.286. The van der Waals surface area contributed by atoms with E-state index in [-0.39, 0.29) is 11.4 Å². The molecule has 0 aliphatic heterocycles. The van der Waals surface area contributed by atoms with Crippen LogP contribution in [0.3, 0.4) is 0 Å². The zero-order valence-electron chi connectivity index (χ0n) is 11.0. The zero-order valence-corrected chi connectivity index (χ0v) is 11.0. The lowest BCUT2D eigenvalue weighted by Gasteiger charge is -2.08. The molecule has 20 heavy (non-hydrogen) atoms. The van der Waals surface area contributed by atoms with Crippen molar-refractivity contribution in [2.24, 2.45) is 0 Å². The predicted molar refractivity (Wildman–Crippen MR) is 74.1 cm³/mol. The fourth-order valence-corrected chi connectivity index (χ4v) is 2.18. The normalized spacial score (nSPS) is 14.3. The molecule has 1 heterocycles. The number of H-pyrrole nitrogens is 1. The number of aryl methyl sites for hydroxylation is 1. The highest BCUT2D eigenvalue weighted by Gasteiger charge is 2.30. The van der Waals surface area contributed by atoms with Crippen LogP contribution in [0.25, 0.3) is 0 Å². The van der Waals surface area contributed by atoms with E-state index < -0.39 is 11.7 Å². The minimum atomic E-state index is -0.501. The van der Waals surface area contributed by atoms with Crippen molar-refractivity contribution in [2.45, 2.75) is 25.7 Å². The van der Waals surface area contributed by atoms with E-state index in [0.29, 0.717) is 17.2 Å². The molecule has 104 valence electrons. The molecule has 0 spiro atoms. The van der Waals surface area contributed by atoms with Gasteiger partial charge in [0, 0.05) is 5.92 Å². The van der Waals surface area contributed by atoms with Crippen LogP contribution >= 0.6 is 0 Å². The second-order valence-corrected chi connectivity index (χ2v) is 5.06. The minimum Gasteiger partial charge on any atom is -0.395 e. The topological polar surface area (TPSA) is 83.8 Å². The van der Waals surface area contributed by atoms with Crippen LogP contribution in [0.5, 0.6) is 0 Å². The number of nitrogens with zero attached hydrogens (tertiary/aromatic N) is 1. The Morgan fingerprint density at radius 3 is 2.90 bits per heavy atom. The Kier molecular flexibility index (Phi) is 2.93. The summed E-state index contributed by atoms with van der Waals surface area (Å²) in [4.78, 5) is 12.2. The largest absolute Gasteiger partial charge is 0.395 e. The third-order valence-electron chi connectivity index (χ3n) is 3.49. The maximum Gasteiger partial charge on any atom is 0.278 e. The van der Waals surface area contributed by atoms with E-state index in [1.54, 1.807) is 19.1 Å². The second kappa shape index (κ2) is 4.63. The van der Waals surface area contributed by atoms with Gasteiger partial charge in [-0.2, -0.15) is 5.10 Å². The van der Waals surface area contributed by atoms with E-state index in [2.05, 4.69) is 15.5 Å². The maximum atomic E-state index is 13.7. The summed E-state index contributed by atoms with van der Waals surface area (Å²) in [6.07, 6.45) is 2.11. The Labute approximate surface area is 115 Å². The summed E-state index contributed by atoms with van der Waals surface area (Å²) < 4.78 is 13.7. The molecule has 0 saturated heterocycles. The lowest BCUT2D eigenvalue weighted by atomic mass is 10.1. The van der Waals surface area contributed by atoms with E-state index in [0.717, 1.165) is 18.5 Å². The van der Waals surface area contributed by atoms with Crippen molar-refractivity contribution in [2.75, 3.05) is 11.1 Å². The number of hydrogen-bond donors (Lipinski definition) is 3. The summed E-state index contributed by atoms with van der Waals surface area (Å²) in [6.45, 7) is 1.72. The van der Waals surface area contributed by atoms with E-state index in [4.69, 9.17) is 5.73 Å². The van der Waals surface area contributed by atoms with Crippen molar-refractivity contribution in [3.8, 4) is 0 Å². The number of carbonyl (C=O) groups is 1. The van der Waals surface area contributed by atoms with Crippen LogP contribution in [0.4, 0.5) is 15.8 Å². The van der Waals surface area contributed by atoms with Crippen molar-refractivity contribution in [1.29, 1.82) is 0 Å². The third-order valence-corrected chi connectivity index (χ3v) is 3.49. The first-order valence-corrected chi connectivity index (χ1v) is 6.48. The molecule has 0 atom stereocenters. The summed E-state index contributed by atoms with van der Waals surface area (Å²) in [5.41, 5.74) is 8.02. The molecule has 1 amide bonds. The summed E-state index contributed by atoms with van der Waals surface area (Å²) in [7, 11) is 0. The molecule has 0 radical (unpaired) electrons. The van der Waals surface area contributed by atoms with Crippen LogP contribution < -0.4 is 11.1 Å². The van der Waals surface area contributed by atoms with Crippen molar-refractivity contribution in [1.82, 2.24) is 10.2 Å². The van der Waals surface area contributed by atoms with Crippen LogP contribution in [-0.2, 0) is 0 Å². The number of nitrogen functional groups attached to an aromatic ring is 1. The van der Waals surface area contributed by atoms with Gasteiger partial charge in [-0.05, 0) is 31.4 Å². The van der Waals surface area contributed by atoms with Crippen LogP contribution in [0.1, 0.15) is 40.5 Å². The summed E-state index contributed by atoms with van der Waals surface area (Å²) in [5.74, 6) is -0.604.